The maximum atomic E-state index is 13.6. The summed E-state index contributed by atoms with van der Waals surface area (Å²) in [5.41, 5.74) is 1.91. The Labute approximate surface area is 235 Å². The van der Waals surface area contributed by atoms with Gasteiger partial charge in [0.05, 0.1) is 10.9 Å². The molecule has 0 unspecified atom stereocenters. The van der Waals surface area contributed by atoms with Crippen molar-refractivity contribution in [1.29, 1.82) is 0 Å². The molecule has 11 heteroatoms. The van der Waals surface area contributed by atoms with E-state index in [0.29, 0.717) is 51.7 Å². The van der Waals surface area contributed by atoms with Crippen molar-refractivity contribution in [2.24, 2.45) is 0 Å². The first-order chi connectivity index (χ1) is 19.6. The number of hydrogen-bond acceptors (Lipinski definition) is 8. The number of rotatable bonds is 8. The van der Waals surface area contributed by atoms with E-state index >= 15 is 0 Å². The normalized spacial score (nSPS) is 11.5. The molecule has 0 atom stereocenters. The van der Waals surface area contributed by atoms with E-state index in [4.69, 9.17) is 13.9 Å². The molecule has 3 N–H and O–H groups in total. The summed E-state index contributed by atoms with van der Waals surface area (Å²) in [6.07, 6.45) is 0. The van der Waals surface area contributed by atoms with E-state index < -0.39 is 11.4 Å². The predicted octanol–water partition coefficient (Wildman–Crippen LogP) is 5.45. The molecule has 41 heavy (non-hydrogen) atoms. The summed E-state index contributed by atoms with van der Waals surface area (Å²) in [6, 6.07) is 14.6. The van der Waals surface area contributed by atoms with Crippen molar-refractivity contribution in [3.05, 3.63) is 83.3 Å². The molecule has 0 saturated heterocycles. The average molecular weight is 557 g/mol. The zero-order valence-corrected chi connectivity index (χ0v) is 23.3. The summed E-state index contributed by atoms with van der Waals surface area (Å²) in [5, 5.41) is 13.1. The fourth-order valence-corrected chi connectivity index (χ4v) is 4.49. The summed E-state index contributed by atoms with van der Waals surface area (Å²) in [4.78, 5) is 35.3. The molecule has 0 aliphatic carbocycles. The van der Waals surface area contributed by atoms with Gasteiger partial charge in [-0.2, -0.15) is 9.97 Å². The van der Waals surface area contributed by atoms with Crippen LogP contribution in [0.25, 0.3) is 33.6 Å². The highest BCUT2D eigenvalue weighted by Crippen LogP contribution is 2.38. The molecule has 2 amide bonds. The molecule has 0 spiro atoms. The van der Waals surface area contributed by atoms with E-state index in [-0.39, 0.29) is 28.9 Å². The second-order valence-electron chi connectivity index (χ2n) is 9.97. The second kappa shape index (κ2) is 10.8. The number of fused-ring (bicyclic) bond motifs is 1. The smallest absolute Gasteiger partial charge is 0.255 e. The summed E-state index contributed by atoms with van der Waals surface area (Å²) in [7, 11) is 1.52. The number of carbonyl (C=O) groups excluding carboxylic acids is 2. The van der Waals surface area contributed by atoms with Crippen LogP contribution in [0.3, 0.4) is 0 Å². The molecule has 0 fully saturated rings. The van der Waals surface area contributed by atoms with Gasteiger partial charge in [0, 0.05) is 30.3 Å². The van der Waals surface area contributed by atoms with Gasteiger partial charge in [0.2, 0.25) is 5.71 Å². The van der Waals surface area contributed by atoms with Crippen molar-refractivity contribution in [2.45, 2.75) is 33.2 Å². The molecular formula is C30H29FN6O4. The van der Waals surface area contributed by atoms with Crippen LogP contribution in [0.1, 0.15) is 53.2 Å². The number of aryl methyl sites for hydroxylation is 1. The molecule has 210 valence electrons. The van der Waals surface area contributed by atoms with E-state index in [0.717, 1.165) is 0 Å². The van der Waals surface area contributed by atoms with Gasteiger partial charge in [-0.25, -0.2) is 4.39 Å². The number of pyridine rings is 1. The Morgan fingerprint density at radius 3 is 2.41 bits per heavy atom. The van der Waals surface area contributed by atoms with Gasteiger partial charge in [0.25, 0.3) is 17.7 Å². The Balaban J connectivity index is 1.60. The SMILES string of the molecule is CCNc1nc2oc(-c3ccc(F)cc3)c(C(=O)NC)c2cc1-c1cccc(C(=O)NC(C)(C)c2nc(C)no2)c1. The fraction of sp³-hybridized carbons (Fsp3) is 0.233. The van der Waals surface area contributed by atoms with Gasteiger partial charge in [-0.1, -0.05) is 17.3 Å². The molecule has 2 aromatic carbocycles. The topological polar surface area (TPSA) is 135 Å². The van der Waals surface area contributed by atoms with Gasteiger partial charge in [0.15, 0.2) is 5.82 Å². The summed E-state index contributed by atoms with van der Waals surface area (Å²) < 4.78 is 24.9. The van der Waals surface area contributed by atoms with Crippen LogP contribution >= 0.6 is 0 Å². The Bertz CT molecular complexity index is 1760. The van der Waals surface area contributed by atoms with Crippen molar-refractivity contribution < 1.29 is 22.9 Å². The minimum atomic E-state index is -0.903. The molecule has 0 bridgehead atoms. The molecule has 3 aromatic heterocycles. The minimum Gasteiger partial charge on any atom is -0.437 e. The van der Waals surface area contributed by atoms with Gasteiger partial charge >= 0.3 is 0 Å². The monoisotopic (exact) mass is 556 g/mol. The van der Waals surface area contributed by atoms with Crippen LogP contribution in [0, 0.1) is 12.7 Å². The standard InChI is InChI=1S/C30H29FN6O4/c1-6-33-25-21(18-8-7-9-19(14-18)26(38)36-30(3,4)29-34-16(2)37-41-29)15-22-23(27(39)32-5)24(40-28(22)35-25)17-10-12-20(31)13-11-17/h7-15H,6H2,1-5H3,(H,32,39)(H,33,35)(H,36,38). The van der Waals surface area contributed by atoms with E-state index in [1.165, 1.54) is 19.2 Å². The number of anilines is 1. The van der Waals surface area contributed by atoms with E-state index in [9.17, 15) is 14.0 Å². The van der Waals surface area contributed by atoms with E-state index in [2.05, 4.69) is 26.1 Å². The number of nitrogens with zero attached hydrogens (tertiary/aromatic N) is 3. The van der Waals surface area contributed by atoms with Crippen molar-refractivity contribution >= 4 is 28.7 Å². The van der Waals surface area contributed by atoms with Crippen molar-refractivity contribution in [2.75, 3.05) is 18.9 Å². The quantitative estimate of drug-likeness (QED) is 0.230. The zero-order valence-electron chi connectivity index (χ0n) is 23.3. The largest absolute Gasteiger partial charge is 0.437 e. The van der Waals surface area contributed by atoms with Crippen LogP contribution in [0.4, 0.5) is 10.2 Å². The van der Waals surface area contributed by atoms with Gasteiger partial charge in [-0.3, -0.25) is 9.59 Å². The van der Waals surface area contributed by atoms with Crippen LogP contribution in [0.2, 0.25) is 0 Å². The lowest BCUT2D eigenvalue weighted by Crippen LogP contribution is -2.41. The van der Waals surface area contributed by atoms with E-state index in [1.807, 2.05) is 19.1 Å². The van der Waals surface area contributed by atoms with E-state index in [1.54, 1.807) is 51.1 Å². The van der Waals surface area contributed by atoms with Gasteiger partial charge in [-0.05, 0) is 75.7 Å². The first-order valence-electron chi connectivity index (χ1n) is 13.0. The van der Waals surface area contributed by atoms with Crippen LogP contribution in [-0.2, 0) is 5.54 Å². The minimum absolute atomic E-state index is 0.244. The summed E-state index contributed by atoms with van der Waals surface area (Å²) >= 11 is 0. The highest BCUT2D eigenvalue weighted by Gasteiger charge is 2.30. The highest BCUT2D eigenvalue weighted by atomic mass is 19.1. The van der Waals surface area contributed by atoms with Crippen molar-refractivity contribution in [3.8, 4) is 22.5 Å². The molecule has 0 radical (unpaired) electrons. The van der Waals surface area contributed by atoms with Gasteiger partial charge in [-0.15, -0.1) is 0 Å². The van der Waals surface area contributed by atoms with Crippen LogP contribution < -0.4 is 16.0 Å². The number of amides is 2. The maximum absolute atomic E-state index is 13.6. The Kier molecular flexibility index (Phi) is 7.27. The van der Waals surface area contributed by atoms with Crippen molar-refractivity contribution in [3.63, 3.8) is 0 Å². The lowest BCUT2D eigenvalue weighted by molar-refractivity contribution is 0.0894. The van der Waals surface area contributed by atoms with Gasteiger partial charge < -0.3 is 24.9 Å². The van der Waals surface area contributed by atoms with Gasteiger partial charge in [0.1, 0.15) is 22.9 Å². The van der Waals surface area contributed by atoms with Crippen LogP contribution in [-0.4, -0.2) is 40.5 Å². The number of nitrogens with one attached hydrogen (secondary N) is 3. The first-order valence-corrected chi connectivity index (χ1v) is 13.0. The lowest BCUT2D eigenvalue weighted by atomic mass is 9.99. The first kappa shape index (κ1) is 27.5. The predicted molar refractivity (Wildman–Crippen MR) is 152 cm³/mol. The molecular weight excluding hydrogens is 527 g/mol. The third kappa shape index (κ3) is 5.38. The second-order valence-corrected chi connectivity index (χ2v) is 9.97. The lowest BCUT2D eigenvalue weighted by Gasteiger charge is -2.22. The Morgan fingerprint density at radius 1 is 1.00 bits per heavy atom. The molecule has 10 nitrogen and oxygen atoms in total. The molecule has 0 aliphatic rings. The summed E-state index contributed by atoms with van der Waals surface area (Å²) in [5.74, 6) is 0.447. The average Bonchev–Trinajstić information content (AvgIpc) is 3.56. The fourth-order valence-electron chi connectivity index (χ4n) is 4.49. The van der Waals surface area contributed by atoms with Crippen LogP contribution in [0.5, 0.6) is 0 Å². The molecule has 0 aliphatic heterocycles. The number of benzene rings is 2. The zero-order chi connectivity index (χ0) is 29.3. The molecule has 5 rings (SSSR count). The van der Waals surface area contributed by atoms with Crippen molar-refractivity contribution in [1.82, 2.24) is 25.8 Å². The number of hydrogen-bond donors (Lipinski definition) is 3. The molecule has 3 heterocycles. The highest BCUT2D eigenvalue weighted by molar-refractivity contribution is 6.11. The number of carbonyl (C=O) groups is 2. The molecule has 0 saturated carbocycles. The summed E-state index contributed by atoms with van der Waals surface area (Å²) in [6.45, 7) is 7.76. The van der Waals surface area contributed by atoms with Crippen LogP contribution in [0.15, 0.2) is 63.5 Å². The third-order valence-corrected chi connectivity index (χ3v) is 6.51. The number of halogens is 1. The third-order valence-electron chi connectivity index (χ3n) is 6.51. The Hall–Kier alpha value is -5.06. The number of furan rings is 1. The Morgan fingerprint density at radius 2 is 1.76 bits per heavy atom. The molecule has 5 aromatic rings. The maximum Gasteiger partial charge on any atom is 0.255 e. The number of aromatic nitrogens is 3.